The van der Waals surface area contributed by atoms with Crippen LogP contribution in [0, 0.1) is 3.57 Å². The Bertz CT molecular complexity index is 841. The van der Waals surface area contributed by atoms with Crippen molar-refractivity contribution in [3.05, 3.63) is 55.3 Å². The lowest BCUT2D eigenvalue weighted by Crippen LogP contribution is -2.35. The summed E-state index contributed by atoms with van der Waals surface area (Å²) in [7, 11) is 0. The molecular weight excluding hydrogens is 431 g/mol. The first kappa shape index (κ1) is 15.7. The Balaban J connectivity index is 1.95. The van der Waals surface area contributed by atoms with Crippen molar-refractivity contribution in [3.63, 3.8) is 0 Å². The van der Waals surface area contributed by atoms with Crippen LogP contribution < -0.4 is 10.4 Å². The summed E-state index contributed by atoms with van der Waals surface area (Å²) in [6.07, 6.45) is 1.31. The molecular formula is C15H9IN2O4S. The summed E-state index contributed by atoms with van der Waals surface area (Å²) in [4.78, 5) is 35.6. The van der Waals surface area contributed by atoms with Gasteiger partial charge in [-0.3, -0.25) is 15.0 Å². The highest BCUT2D eigenvalue weighted by Gasteiger charge is 2.34. The van der Waals surface area contributed by atoms with Crippen LogP contribution in [-0.2, 0) is 9.59 Å². The molecule has 2 aromatic rings. The standard InChI is InChI=1S/C15H9IN2O4S/c16-9-1-3-10(4-2-9)18-14(20)11(13(19)17-18)5-8-6-23-7-12(8)15(21)22/h1-7H,(H,17,19)(H,21,22)/b11-5+. The molecule has 0 aliphatic carbocycles. The maximum absolute atomic E-state index is 12.4. The summed E-state index contributed by atoms with van der Waals surface area (Å²) in [6, 6.07) is 7.07. The van der Waals surface area contributed by atoms with E-state index < -0.39 is 17.8 Å². The zero-order chi connectivity index (χ0) is 16.6. The van der Waals surface area contributed by atoms with E-state index in [9.17, 15) is 14.4 Å². The number of carbonyl (C=O) groups is 3. The van der Waals surface area contributed by atoms with Crippen LogP contribution in [0.3, 0.4) is 0 Å². The smallest absolute Gasteiger partial charge is 0.337 e. The average molecular weight is 440 g/mol. The lowest BCUT2D eigenvalue weighted by Gasteiger charge is -2.14. The number of hydrazine groups is 1. The number of carboxylic acid groups (broad SMARTS) is 1. The number of aromatic carboxylic acids is 1. The van der Waals surface area contributed by atoms with Crippen LogP contribution in [0.2, 0.25) is 0 Å². The number of hydrogen-bond acceptors (Lipinski definition) is 4. The molecule has 0 radical (unpaired) electrons. The number of thiophene rings is 1. The second-order valence-electron chi connectivity index (χ2n) is 4.66. The van der Waals surface area contributed by atoms with Gasteiger partial charge in [0.25, 0.3) is 11.8 Å². The van der Waals surface area contributed by atoms with E-state index in [1.807, 2.05) is 12.1 Å². The van der Waals surface area contributed by atoms with Crippen LogP contribution in [0.1, 0.15) is 15.9 Å². The Hall–Kier alpha value is -2.20. The van der Waals surface area contributed by atoms with Gasteiger partial charge in [-0.15, -0.1) is 0 Å². The number of amides is 2. The zero-order valence-electron chi connectivity index (χ0n) is 11.4. The average Bonchev–Trinajstić information content (AvgIpc) is 3.08. The van der Waals surface area contributed by atoms with E-state index in [1.54, 1.807) is 17.5 Å². The molecule has 0 saturated carbocycles. The summed E-state index contributed by atoms with van der Waals surface area (Å²) in [5.74, 6) is -2.17. The molecule has 1 saturated heterocycles. The van der Waals surface area contributed by atoms with Gasteiger partial charge in [0.2, 0.25) is 0 Å². The second kappa shape index (κ2) is 6.13. The quantitative estimate of drug-likeness (QED) is 0.437. The molecule has 6 nitrogen and oxygen atoms in total. The van der Waals surface area contributed by atoms with E-state index in [4.69, 9.17) is 5.11 Å². The topological polar surface area (TPSA) is 86.7 Å². The number of anilines is 1. The number of hydrogen-bond donors (Lipinski definition) is 2. The van der Waals surface area contributed by atoms with E-state index in [1.165, 1.54) is 22.8 Å². The van der Waals surface area contributed by atoms with Gasteiger partial charge in [-0.25, -0.2) is 9.80 Å². The fraction of sp³-hybridized carbons (Fsp3) is 0. The summed E-state index contributed by atoms with van der Waals surface area (Å²) in [5, 5.41) is 13.3. The van der Waals surface area contributed by atoms with Crippen LogP contribution in [0.4, 0.5) is 5.69 Å². The minimum atomic E-state index is -1.10. The molecule has 8 heteroatoms. The minimum absolute atomic E-state index is 0.0656. The van der Waals surface area contributed by atoms with Gasteiger partial charge in [-0.1, -0.05) is 0 Å². The van der Waals surface area contributed by atoms with E-state index in [2.05, 4.69) is 28.0 Å². The number of nitrogens with zero attached hydrogens (tertiary/aromatic N) is 1. The molecule has 116 valence electrons. The molecule has 1 aliphatic rings. The minimum Gasteiger partial charge on any atom is -0.478 e. The van der Waals surface area contributed by atoms with Crippen molar-refractivity contribution in [2.45, 2.75) is 0 Å². The fourth-order valence-electron chi connectivity index (χ4n) is 2.08. The Morgan fingerprint density at radius 2 is 1.91 bits per heavy atom. The van der Waals surface area contributed by atoms with Gasteiger partial charge in [0.15, 0.2) is 0 Å². The van der Waals surface area contributed by atoms with Gasteiger partial charge < -0.3 is 5.11 Å². The molecule has 0 spiro atoms. The fourth-order valence-corrected chi connectivity index (χ4v) is 3.22. The van der Waals surface area contributed by atoms with Crippen LogP contribution in [-0.4, -0.2) is 22.9 Å². The predicted octanol–water partition coefficient (Wildman–Crippen LogP) is 2.51. The van der Waals surface area contributed by atoms with Gasteiger partial charge in [0.05, 0.1) is 11.3 Å². The Labute approximate surface area is 148 Å². The van der Waals surface area contributed by atoms with E-state index in [0.29, 0.717) is 11.3 Å². The highest BCUT2D eigenvalue weighted by molar-refractivity contribution is 14.1. The molecule has 0 atom stereocenters. The lowest BCUT2D eigenvalue weighted by molar-refractivity contribution is -0.117. The Morgan fingerprint density at radius 1 is 1.22 bits per heavy atom. The summed E-state index contributed by atoms with van der Waals surface area (Å²) < 4.78 is 1.00. The third-order valence-corrected chi connectivity index (χ3v) is 4.68. The molecule has 1 fully saturated rings. The SMILES string of the molecule is O=C1NN(c2ccc(I)cc2)C(=O)/C1=C/c1cscc1C(=O)O. The number of carboxylic acids is 1. The molecule has 0 unspecified atom stereocenters. The van der Waals surface area contributed by atoms with Crippen LogP contribution in [0.25, 0.3) is 6.08 Å². The Morgan fingerprint density at radius 3 is 2.57 bits per heavy atom. The van der Waals surface area contributed by atoms with E-state index in [0.717, 1.165) is 8.58 Å². The van der Waals surface area contributed by atoms with Crippen LogP contribution in [0.5, 0.6) is 0 Å². The number of carbonyl (C=O) groups excluding carboxylic acids is 2. The summed E-state index contributed by atoms with van der Waals surface area (Å²) >= 11 is 3.34. The number of benzene rings is 1. The van der Waals surface area contributed by atoms with Gasteiger partial charge in [-0.05, 0) is 58.3 Å². The van der Waals surface area contributed by atoms with Crippen molar-refractivity contribution in [1.82, 2.24) is 5.43 Å². The maximum Gasteiger partial charge on any atom is 0.337 e. The molecule has 1 aromatic heterocycles. The van der Waals surface area contributed by atoms with Gasteiger partial charge in [0.1, 0.15) is 5.57 Å². The number of rotatable bonds is 3. The largest absolute Gasteiger partial charge is 0.478 e. The number of halogens is 1. The lowest BCUT2D eigenvalue weighted by atomic mass is 10.1. The van der Waals surface area contributed by atoms with Crippen LogP contribution in [0.15, 0.2) is 40.6 Å². The van der Waals surface area contributed by atoms with Crippen LogP contribution >= 0.6 is 33.9 Å². The Kier molecular flexibility index (Phi) is 4.18. The molecule has 0 bridgehead atoms. The second-order valence-corrected chi connectivity index (χ2v) is 6.65. The number of nitrogens with one attached hydrogen (secondary N) is 1. The third kappa shape index (κ3) is 2.99. The van der Waals surface area contributed by atoms with Gasteiger partial charge in [0, 0.05) is 14.5 Å². The van der Waals surface area contributed by atoms with Gasteiger partial charge >= 0.3 is 5.97 Å². The molecule has 1 aliphatic heterocycles. The highest BCUT2D eigenvalue weighted by Crippen LogP contribution is 2.24. The molecule has 1 aromatic carbocycles. The predicted molar refractivity (Wildman–Crippen MR) is 94.0 cm³/mol. The first-order valence-electron chi connectivity index (χ1n) is 6.39. The molecule has 2 heterocycles. The van der Waals surface area contributed by atoms with E-state index in [-0.39, 0.29) is 11.1 Å². The zero-order valence-corrected chi connectivity index (χ0v) is 14.4. The van der Waals surface area contributed by atoms with Crippen molar-refractivity contribution in [3.8, 4) is 0 Å². The van der Waals surface area contributed by atoms with E-state index >= 15 is 0 Å². The normalized spacial score (nSPS) is 16.0. The maximum atomic E-state index is 12.4. The molecule has 2 N–H and O–H groups in total. The molecule has 3 rings (SSSR count). The highest BCUT2D eigenvalue weighted by atomic mass is 127. The molecule has 2 amide bonds. The van der Waals surface area contributed by atoms with Crippen molar-refractivity contribution < 1.29 is 19.5 Å². The van der Waals surface area contributed by atoms with Crippen molar-refractivity contribution >= 4 is 63.5 Å². The monoisotopic (exact) mass is 440 g/mol. The summed E-state index contributed by atoms with van der Waals surface area (Å²) in [6.45, 7) is 0. The first-order valence-corrected chi connectivity index (χ1v) is 8.41. The molecule has 23 heavy (non-hydrogen) atoms. The van der Waals surface area contributed by atoms with Crippen molar-refractivity contribution in [2.75, 3.05) is 5.01 Å². The summed E-state index contributed by atoms with van der Waals surface area (Å²) in [5.41, 5.74) is 3.33. The first-order chi connectivity index (χ1) is 11.0. The van der Waals surface area contributed by atoms with Crippen molar-refractivity contribution in [2.24, 2.45) is 0 Å². The van der Waals surface area contributed by atoms with Gasteiger partial charge in [-0.2, -0.15) is 11.3 Å². The third-order valence-electron chi connectivity index (χ3n) is 3.20. The van der Waals surface area contributed by atoms with Crippen molar-refractivity contribution in [1.29, 1.82) is 0 Å².